The van der Waals surface area contributed by atoms with Crippen LogP contribution in [-0.4, -0.2) is 27.9 Å². The van der Waals surface area contributed by atoms with Crippen molar-refractivity contribution in [1.82, 2.24) is 14.7 Å². The van der Waals surface area contributed by atoms with Crippen LogP contribution >= 0.6 is 23.7 Å². The van der Waals surface area contributed by atoms with Crippen LogP contribution in [0.5, 0.6) is 0 Å². The molecule has 2 aromatic heterocycles. The summed E-state index contributed by atoms with van der Waals surface area (Å²) in [7, 11) is 0. The second kappa shape index (κ2) is 5.90. The van der Waals surface area contributed by atoms with Crippen molar-refractivity contribution in [1.29, 1.82) is 0 Å². The number of imidazole rings is 1. The number of thiazole rings is 1. The van der Waals surface area contributed by atoms with E-state index in [0.717, 1.165) is 10.7 Å². The highest BCUT2D eigenvalue weighted by Crippen LogP contribution is 2.31. The number of hydrogen-bond acceptors (Lipinski definition) is 4. The Morgan fingerprint density at radius 2 is 2.42 bits per heavy atom. The summed E-state index contributed by atoms with van der Waals surface area (Å²) in [5.41, 5.74) is 6.74. The molecule has 1 unspecified atom stereocenters. The number of nitrogens with one attached hydrogen (secondary N) is 1. The molecule has 0 aromatic carbocycles. The minimum atomic E-state index is -0.00291. The Morgan fingerprint density at radius 3 is 3.11 bits per heavy atom. The van der Waals surface area contributed by atoms with Crippen LogP contribution in [-0.2, 0) is 11.2 Å². The topological polar surface area (TPSA) is 72.4 Å². The van der Waals surface area contributed by atoms with E-state index in [4.69, 9.17) is 5.73 Å². The second-order valence-corrected chi connectivity index (χ2v) is 5.68. The third-order valence-corrected chi connectivity index (χ3v) is 4.02. The molecule has 104 valence electrons. The lowest BCUT2D eigenvalue weighted by molar-refractivity contribution is -0.120. The lowest BCUT2D eigenvalue weighted by atomic mass is 10.2. The number of hydrogen-bond donors (Lipinski definition) is 2. The standard InChI is InChI=1S/C12H16N4OS.ClH/c13-10(8-1-2-8)6-14-11(17)5-9-7-16-3-4-18-12(16)15-9;/h3-4,7-8,10H,1-2,5-6,13H2,(H,14,17);1H. The SMILES string of the molecule is Cl.NC(CNC(=O)Cc1cn2ccsc2n1)C1CC1. The van der Waals surface area contributed by atoms with E-state index in [1.165, 1.54) is 12.8 Å². The van der Waals surface area contributed by atoms with Crippen LogP contribution in [0.4, 0.5) is 0 Å². The maximum absolute atomic E-state index is 11.7. The summed E-state index contributed by atoms with van der Waals surface area (Å²) in [6.07, 6.45) is 6.57. The fraction of sp³-hybridized carbons (Fsp3) is 0.500. The zero-order chi connectivity index (χ0) is 12.5. The van der Waals surface area contributed by atoms with Crippen molar-refractivity contribution < 1.29 is 4.79 Å². The molecule has 19 heavy (non-hydrogen) atoms. The number of aromatic nitrogens is 2. The first-order valence-corrected chi connectivity index (χ1v) is 7.03. The van der Waals surface area contributed by atoms with E-state index in [0.29, 0.717) is 18.9 Å². The smallest absolute Gasteiger partial charge is 0.226 e. The van der Waals surface area contributed by atoms with E-state index < -0.39 is 0 Å². The van der Waals surface area contributed by atoms with Gasteiger partial charge in [0, 0.05) is 30.4 Å². The molecule has 0 aliphatic heterocycles. The van der Waals surface area contributed by atoms with E-state index in [-0.39, 0.29) is 24.4 Å². The molecular formula is C12H17ClN4OS. The minimum absolute atomic E-state index is 0. The van der Waals surface area contributed by atoms with Crippen LogP contribution in [0, 0.1) is 5.92 Å². The summed E-state index contributed by atoms with van der Waals surface area (Å²) in [5, 5.41) is 4.85. The van der Waals surface area contributed by atoms with Gasteiger partial charge in [-0.25, -0.2) is 4.98 Å². The van der Waals surface area contributed by atoms with Gasteiger partial charge in [0.15, 0.2) is 4.96 Å². The highest BCUT2D eigenvalue weighted by molar-refractivity contribution is 7.15. The van der Waals surface area contributed by atoms with Gasteiger partial charge in [-0.15, -0.1) is 23.7 Å². The average Bonchev–Trinajstić information content (AvgIpc) is 2.99. The number of nitrogens with zero attached hydrogens (tertiary/aromatic N) is 2. The maximum Gasteiger partial charge on any atom is 0.226 e. The van der Waals surface area contributed by atoms with E-state index in [1.54, 1.807) is 11.3 Å². The molecule has 1 fully saturated rings. The van der Waals surface area contributed by atoms with Crippen molar-refractivity contribution in [3.05, 3.63) is 23.5 Å². The predicted molar refractivity (Wildman–Crippen MR) is 77.7 cm³/mol. The van der Waals surface area contributed by atoms with Crippen LogP contribution in [0.1, 0.15) is 18.5 Å². The first kappa shape index (κ1) is 14.3. The predicted octanol–water partition coefficient (Wildman–Crippen LogP) is 1.21. The number of rotatable bonds is 5. The van der Waals surface area contributed by atoms with Crippen LogP contribution < -0.4 is 11.1 Å². The molecule has 1 aliphatic carbocycles. The quantitative estimate of drug-likeness (QED) is 0.872. The van der Waals surface area contributed by atoms with Crippen molar-refractivity contribution in [2.24, 2.45) is 11.7 Å². The minimum Gasteiger partial charge on any atom is -0.354 e. The molecule has 1 amide bonds. The molecule has 0 radical (unpaired) electrons. The van der Waals surface area contributed by atoms with Gasteiger partial charge >= 0.3 is 0 Å². The molecule has 3 N–H and O–H groups in total. The maximum atomic E-state index is 11.7. The van der Waals surface area contributed by atoms with E-state index in [9.17, 15) is 4.79 Å². The Labute approximate surface area is 121 Å². The van der Waals surface area contributed by atoms with Gasteiger partial charge in [0.1, 0.15) is 0 Å². The second-order valence-electron chi connectivity index (χ2n) is 4.81. The molecule has 1 atom stereocenters. The van der Waals surface area contributed by atoms with Crippen molar-refractivity contribution >= 4 is 34.6 Å². The first-order valence-electron chi connectivity index (χ1n) is 6.16. The Bertz CT molecular complexity index is 534. The van der Waals surface area contributed by atoms with Crippen LogP contribution in [0.2, 0.25) is 0 Å². The number of halogens is 1. The van der Waals surface area contributed by atoms with Gasteiger partial charge < -0.3 is 11.1 Å². The zero-order valence-electron chi connectivity index (χ0n) is 10.4. The van der Waals surface area contributed by atoms with Crippen LogP contribution in [0.3, 0.4) is 0 Å². The summed E-state index contributed by atoms with van der Waals surface area (Å²) in [5.74, 6) is 0.611. The van der Waals surface area contributed by atoms with Gasteiger partial charge in [-0.1, -0.05) is 0 Å². The number of nitrogens with two attached hydrogens (primary N) is 1. The molecule has 5 nitrogen and oxygen atoms in total. The molecule has 2 heterocycles. The normalized spacial score (nSPS) is 16.1. The van der Waals surface area contributed by atoms with Gasteiger partial charge in [-0.2, -0.15) is 0 Å². The number of fused-ring (bicyclic) bond motifs is 1. The molecule has 0 bridgehead atoms. The monoisotopic (exact) mass is 300 g/mol. The molecular weight excluding hydrogens is 284 g/mol. The Kier molecular flexibility index (Phi) is 4.44. The van der Waals surface area contributed by atoms with Gasteiger partial charge in [-0.3, -0.25) is 9.20 Å². The van der Waals surface area contributed by atoms with E-state index in [1.807, 2.05) is 22.2 Å². The highest BCUT2D eigenvalue weighted by Gasteiger charge is 2.28. The van der Waals surface area contributed by atoms with Gasteiger partial charge in [0.25, 0.3) is 0 Å². The summed E-state index contributed by atoms with van der Waals surface area (Å²) in [6.45, 7) is 0.575. The van der Waals surface area contributed by atoms with Crippen LogP contribution in [0.25, 0.3) is 4.96 Å². The molecule has 1 saturated carbocycles. The van der Waals surface area contributed by atoms with Crippen molar-refractivity contribution in [2.45, 2.75) is 25.3 Å². The lowest BCUT2D eigenvalue weighted by Gasteiger charge is -2.10. The third kappa shape index (κ3) is 3.46. The van der Waals surface area contributed by atoms with E-state index in [2.05, 4.69) is 10.3 Å². The summed E-state index contributed by atoms with van der Waals surface area (Å²) in [6, 6.07) is 0.111. The Balaban J connectivity index is 0.00000133. The number of carbonyl (C=O) groups is 1. The fourth-order valence-electron chi connectivity index (χ4n) is 2.01. The van der Waals surface area contributed by atoms with E-state index >= 15 is 0 Å². The highest BCUT2D eigenvalue weighted by atomic mass is 35.5. The summed E-state index contributed by atoms with van der Waals surface area (Å²) >= 11 is 1.57. The van der Waals surface area contributed by atoms with Crippen molar-refractivity contribution in [3.8, 4) is 0 Å². The molecule has 3 rings (SSSR count). The molecule has 1 aliphatic rings. The summed E-state index contributed by atoms with van der Waals surface area (Å²) < 4.78 is 1.93. The molecule has 7 heteroatoms. The fourth-order valence-corrected chi connectivity index (χ4v) is 2.73. The number of amides is 1. The van der Waals surface area contributed by atoms with Crippen molar-refractivity contribution in [2.75, 3.05) is 6.54 Å². The first-order chi connectivity index (χ1) is 8.72. The van der Waals surface area contributed by atoms with Gasteiger partial charge in [0.2, 0.25) is 5.91 Å². The van der Waals surface area contributed by atoms with Crippen LogP contribution in [0.15, 0.2) is 17.8 Å². The lowest BCUT2D eigenvalue weighted by Crippen LogP contribution is -2.39. The third-order valence-electron chi connectivity index (χ3n) is 3.25. The Morgan fingerprint density at radius 1 is 1.63 bits per heavy atom. The van der Waals surface area contributed by atoms with Crippen molar-refractivity contribution in [3.63, 3.8) is 0 Å². The number of carbonyl (C=O) groups excluding carboxylic acids is 1. The summed E-state index contributed by atoms with van der Waals surface area (Å²) in [4.78, 5) is 17.0. The molecule has 0 saturated heterocycles. The van der Waals surface area contributed by atoms with Gasteiger partial charge in [0.05, 0.1) is 12.1 Å². The average molecular weight is 301 g/mol. The zero-order valence-corrected chi connectivity index (χ0v) is 12.0. The Hall–Kier alpha value is -1.11. The van der Waals surface area contributed by atoms with Gasteiger partial charge in [-0.05, 0) is 18.8 Å². The largest absolute Gasteiger partial charge is 0.354 e. The molecule has 2 aromatic rings. The molecule has 0 spiro atoms.